The first-order valence-electron chi connectivity index (χ1n) is 12.3. The summed E-state index contributed by atoms with van der Waals surface area (Å²) in [6, 6.07) is 10.2. The molecule has 3 aliphatic heterocycles. The molecular formula is C26H33N7OS. The molecule has 3 saturated heterocycles. The van der Waals surface area contributed by atoms with Gasteiger partial charge in [0.05, 0.1) is 0 Å². The highest BCUT2D eigenvalue weighted by Crippen LogP contribution is 2.33. The Hall–Kier alpha value is -3.04. The predicted octanol–water partition coefficient (Wildman–Crippen LogP) is 4.14. The van der Waals surface area contributed by atoms with Crippen LogP contribution in [-0.2, 0) is 4.79 Å². The number of piperidine rings is 3. The zero-order valence-corrected chi connectivity index (χ0v) is 20.9. The maximum atomic E-state index is 12.0. The van der Waals surface area contributed by atoms with Gasteiger partial charge >= 0.3 is 0 Å². The van der Waals surface area contributed by atoms with Gasteiger partial charge in [0.2, 0.25) is 5.91 Å². The van der Waals surface area contributed by atoms with E-state index < -0.39 is 0 Å². The number of carbonyl (C=O) groups is 1. The molecule has 184 valence electrons. The van der Waals surface area contributed by atoms with E-state index in [0.29, 0.717) is 22.9 Å². The fourth-order valence-corrected chi connectivity index (χ4v) is 5.44. The molecule has 9 heteroatoms. The molecule has 6 rings (SSSR count). The molecule has 0 unspecified atom stereocenters. The van der Waals surface area contributed by atoms with Crippen molar-refractivity contribution in [3.05, 3.63) is 54.9 Å². The zero-order valence-electron chi connectivity index (χ0n) is 20.1. The molecule has 4 fully saturated rings. The Kier molecular flexibility index (Phi) is 7.24. The van der Waals surface area contributed by atoms with Crippen LogP contribution in [0.1, 0.15) is 25.7 Å². The monoisotopic (exact) mass is 491 g/mol. The lowest BCUT2D eigenvalue weighted by Crippen LogP contribution is -2.53. The standard InChI is InChI=1S/C26H33N7OS/c1-3-4-22(27-2)30-24-15-23(29-21-16-33-13-11-17(21)12-14-33)31-26(32-24)35-20-9-7-19(8-10-20)28-25(34)18-5-6-18/h3-4,7-10,15,17-18,21,27H,1,5-6,11-14,16H2,2H3,(H,28,34)(H2,29,30,31,32)/b22-4+/t21-/m1/s1. The van der Waals surface area contributed by atoms with Crippen molar-refractivity contribution >= 4 is 35.0 Å². The van der Waals surface area contributed by atoms with Gasteiger partial charge in [0.25, 0.3) is 0 Å². The molecule has 1 saturated carbocycles. The number of fused-ring (bicyclic) bond motifs is 3. The van der Waals surface area contributed by atoms with Crippen molar-refractivity contribution in [2.45, 2.75) is 41.8 Å². The number of amides is 1. The van der Waals surface area contributed by atoms with Gasteiger partial charge in [-0.3, -0.25) is 4.79 Å². The van der Waals surface area contributed by atoms with Gasteiger partial charge in [-0.2, -0.15) is 0 Å². The second-order valence-corrected chi connectivity index (χ2v) is 10.4. The van der Waals surface area contributed by atoms with Crippen LogP contribution in [0.5, 0.6) is 0 Å². The molecule has 4 heterocycles. The van der Waals surface area contributed by atoms with Crippen LogP contribution >= 0.6 is 11.8 Å². The van der Waals surface area contributed by atoms with E-state index in [4.69, 9.17) is 9.97 Å². The highest BCUT2D eigenvalue weighted by atomic mass is 32.2. The van der Waals surface area contributed by atoms with Crippen molar-refractivity contribution in [2.24, 2.45) is 11.8 Å². The average molecular weight is 492 g/mol. The molecule has 4 N–H and O–H groups in total. The van der Waals surface area contributed by atoms with Crippen molar-refractivity contribution in [1.29, 1.82) is 0 Å². The van der Waals surface area contributed by atoms with Gasteiger partial charge in [-0.15, -0.1) is 0 Å². The molecule has 0 radical (unpaired) electrons. The number of aromatic nitrogens is 2. The van der Waals surface area contributed by atoms with E-state index in [1.807, 2.05) is 43.5 Å². The molecule has 8 nitrogen and oxygen atoms in total. The van der Waals surface area contributed by atoms with Crippen LogP contribution in [0.2, 0.25) is 0 Å². The lowest BCUT2D eigenvalue weighted by atomic mass is 9.84. The summed E-state index contributed by atoms with van der Waals surface area (Å²) < 4.78 is 0. The first-order chi connectivity index (χ1) is 17.1. The minimum absolute atomic E-state index is 0.115. The minimum Gasteiger partial charge on any atom is -0.375 e. The van der Waals surface area contributed by atoms with Gasteiger partial charge in [0.15, 0.2) is 5.16 Å². The highest BCUT2D eigenvalue weighted by Gasteiger charge is 2.34. The number of hydrogen-bond acceptors (Lipinski definition) is 8. The zero-order chi connectivity index (χ0) is 24.2. The first kappa shape index (κ1) is 23.7. The summed E-state index contributed by atoms with van der Waals surface area (Å²) in [5.41, 5.74) is 0.820. The van der Waals surface area contributed by atoms with E-state index in [2.05, 4.69) is 32.7 Å². The Balaban J connectivity index is 1.33. The Labute approximate surface area is 211 Å². The molecule has 1 atom stereocenters. The average Bonchev–Trinajstić information content (AvgIpc) is 3.71. The first-order valence-corrected chi connectivity index (χ1v) is 13.2. The van der Waals surface area contributed by atoms with Crippen LogP contribution in [0.3, 0.4) is 0 Å². The second kappa shape index (κ2) is 10.7. The number of nitrogens with one attached hydrogen (secondary N) is 4. The summed E-state index contributed by atoms with van der Waals surface area (Å²) in [7, 11) is 1.86. The fraction of sp³-hybridized carbons (Fsp3) is 0.423. The van der Waals surface area contributed by atoms with E-state index >= 15 is 0 Å². The largest absolute Gasteiger partial charge is 0.375 e. The molecule has 0 spiro atoms. The van der Waals surface area contributed by atoms with E-state index in [-0.39, 0.29) is 11.8 Å². The number of benzene rings is 1. The van der Waals surface area contributed by atoms with Crippen LogP contribution < -0.4 is 21.3 Å². The number of rotatable bonds is 10. The molecule has 1 amide bonds. The summed E-state index contributed by atoms with van der Waals surface area (Å²) in [6.07, 6.45) is 8.06. The Morgan fingerprint density at radius 1 is 1.09 bits per heavy atom. The summed E-state index contributed by atoms with van der Waals surface area (Å²) in [4.78, 5) is 25.2. The van der Waals surface area contributed by atoms with Gasteiger partial charge in [-0.25, -0.2) is 9.97 Å². The number of carbonyl (C=O) groups excluding carboxylic acids is 1. The van der Waals surface area contributed by atoms with Gasteiger partial charge in [0, 0.05) is 42.2 Å². The molecule has 4 aliphatic rings. The third kappa shape index (κ3) is 6.15. The lowest BCUT2D eigenvalue weighted by Gasteiger charge is -2.45. The summed E-state index contributed by atoms with van der Waals surface area (Å²) in [5.74, 6) is 3.33. The summed E-state index contributed by atoms with van der Waals surface area (Å²) in [5, 5.41) is 13.8. The minimum atomic E-state index is 0.115. The number of hydrogen-bond donors (Lipinski definition) is 4. The SMILES string of the molecule is C=C/C=C(\NC)Nc1cc(N[C@@H]2CN3CCC2CC3)nc(Sc2ccc(NC(=O)C3CC3)cc2)n1. The number of allylic oxidation sites excluding steroid dienone is 2. The molecule has 1 aromatic carbocycles. The summed E-state index contributed by atoms with van der Waals surface area (Å²) >= 11 is 1.50. The van der Waals surface area contributed by atoms with Crippen LogP contribution in [0.4, 0.5) is 17.3 Å². The predicted molar refractivity (Wildman–Crippen MR) is 141 cm³/mol. The third-order valence-corrected chi connectivity index (χ3v) is 7.66. The van der Waals surface area contributed by atoms with Crippen molar-refractivity contribution in [1.82, 2.24) is 20.2 Å². The van der Waals surface area contributed by atoms with E-state index in [1.54, 1.807) is 6.08 Å². The number of nitrogens with zero attached hydrogens (tertiary/aromatic N) is 3. The fourth-order valence-electron chi connectivity index (χ4n) is 4.67. The van der Waals surface area contributed by atoms with Crippen LogP contribution in [0.25, 0.3) is 0 Å². The highest BCUT2D eigenvalue weighted by molar-refractivity contribution is 7.99. The molecule has 2 aromatic rings. The molecular weight excluding hydrogens is 458 g/mol. The second-order valence-electron chi connectivity index (χ2n) is 9.39. The summed E-state index contributed by atoms with van der Waals surface area (Å²) in [6.45, 7) is 7.25. The van der Waals surface area contributed by atoms with Gasteiger partial charge in [-0.1, -0.05) is 12.7 Å². The smallest absolute Gasteiger partial charge is 0.227 e. The maximum absolute atomic E-state index is 12.0. The van der Waals surface area contributed by atoms with Crippen molar-refractivity contribution < 1.29 is 4.79 Å². The number of anilines is 3. The maximum Gasteiger partial charge on any atom is 0.227 e. The van der Waals surface area contributed by atoms with Crippen molar-refractivity contribution in [2.75, 3.05) is 42.6 Å². The molecule has 2 bridgehead atoms. The van der Waals surface area contributed by atoms with Gasteiger partial charge in [-0.05, 0) is 86.8 Å². The van der Waals surface area contributed by atoms with E-state index in [0.717, 1.165) is 41.6 Å². The van der Waals surface area contributed by atoms with E-state index in [1.165, 1.54) is 37.7 Å². The van der Waals surface area contributed by atoms with Crippen molar-refractivity contribution in [3.8, 4) is 0 Å². The van der Waals surface area contributed by atoms with Crippen LogP contribution in [0.15, 0.2) is 64.9 Å². The van der Waals surface area contributed by atoms with Gasteiger partial charge < -0.3 is 26.2 Å². The molecule has 1 aliphatic carbocycles. The van der Waals surface area contributed by atoms with Crippen LogP contribution in [-0.4, -0.2) is 53.5 Å². The van der Waals surface area contributed by atoms with Gasteiger partial charge in [0.1, 0.15) is 17.5 Å². The third-order valence-electron chi connectivity index (χ3n) is 6.79. The lowest BCUT2D eigenvalue weighted by molar-refractivity contribution is -0.117. The Morgan fingerprint density at radius 2 is 1.83 bits per heavy atom. The van der Waals surface area contributed by atoms with E-state index in [9.17, 15) is 4.79 Å². The topological polar surface area (TPSA) is 94.2 Å². The Morgan fingerprint density at radius 3 is 2.46 bits per heavy atom. The van der Waals surface area contributed by atoms with Crippen LogP contribution in [0, 0.1) is 11.8 Å². The quantitative estimate of drug-likeness (QED) is 0.291. The molecule has 35 heavy (non-hydrogen) atoms. The molecule has 1 aromatic heterocycles. The Bertz CT molecular complexity index is 1090. The normalized spacial score (nSPS) is 23.5. The van der Waals surface area contributed by atoms with Crippen molar-refractivity contribution in [3.63, 3.8) is 0 Å².